The number of benzene rings is 1. The van der Waals surface area contributed by atoms with Crippen LogP contribution in [0.3, 0.4) is 0 Å². The molecule has 0 radical (unpaired) electrons. The van der Waals surface area contributed by atoms with Gasteiger partial charge in [0, 0.05) is 32.7 Å². The predicted octanol–water partition coefficient (Wildman–Crippen LogP) is 2.40. The smallest absolute Gasteiger partial charge is 0.260 e. The Balaban J connectivity index is 1.84. The molecule has 0 aromatic heterocycles. The van der Waals surface area contributed by atoms with Gasteiger partial charge in [-0.3, -0.25) is 9.69 Å². The van der Waals surface area contributed by atoms with Crippen molar-refractivity contribution < 1.29 is 9.53 Å². The number of nitrogens with zero attached hydrogens (tertiary/aromatic N) is 2. The standard InChI is InChI=1S/C18H26N2O2/c1-4-8-19-9-5-10-20(12-11-19)18(21)14-22-17-7-6-15(2)16(3)13-17/h4,6-7,13H,1,5,8-12,14H2,2-3H3. The molecule has 1 aromatic rings. The molecule has 0 N–H and O–H groups in total. The van der Waals surface area contributed by atoms with E-state index < -0.39 is 0 Å². The Labute approximate surface area is 133 Å². The van der Waals surface area contributed by atoms with Gasteiger partial charge in [-0.15, -0.1) is 6.58 Å². The van der Waals surface area contributed by atoms with Gasteiger partial charge < -0.3 is 9.64 Å². The van der Waals surface area contributed by atoms with Gasteiger partial charge in [-0.05, 0) is 43.5 Å². The Morgan fingerprint density at radius 3 is 2.77 bits per heavy atom. The molecule has 0 spiro atoms. The van der Waals surface area contributed by atoms with Gasteiger partial charge >= 0.3 is 0 Å². The van der Waals surface area contributed by atoms with E-state index in [1.807, 2.05) is 36.1 Å². The average Bonchev–Trinajstić information content (AvgIpc) is 2.74. The molecule has 0 saturated carbocycles. The van der Waals surface area contributed by atoms with Crippen LogP contribution in [0.15, 0.2) is 30.9 Å². The third-order valence-corrected chi connectivity index (χ3v) is 4.17. The lowest BCUT2D eigenvalue weighted by Gasteiger charge is -2.21. The minimum atomic E-state index is 0.0682. The summed E-state index contributed by atoms with van der Waals surface area (Å²) in [6.45, 7) is 12.4. The molecular formula is C18H26N2O2. The third kappa shape index (κ3) is 4.60. The van der Waals surface area contributed by atoms with Crippen LogP contribution >= 0.6 is 0 Å². The highest BCUT2D eigenvalue weighted by Gasteiger charge is 2.18. The number of carbonyl (C=O) groups excluding carboxylic acids is 1. The molecule has 1 aliphatic rings. The second-order valence-corrected chi connectivity index (χ2v) is 5.86. The molecule has 1 saturated heterocycles. The van der Waals surface area contributed by atoms with Crippen molar-refractivity contribution in [2.45, 2.75) is 20.3 Å². The second-order valence-electron chi connectivity index (χ2n) is 5.86. The van der Waals surface area contributed by atoms with Crippen molar-refractivity contribution in [3.63, 3.8) is 0 Å². The van der Waals surface area contributed by atoms with E-state index in [9.17, 15) is 4.79 Å². The van der Waals surface area contributed by atoms with Crippen molar-refractivity contribution in [2.75, 3.05) is 39.3 Å². The van der Waals surface area contributed by atoms with Gasteiger partial charge in [0.2, 0.25) is 0 Å². The first-order valence-corrected chi connectivity index (χ1v) is 7.91. The number of ether oxygens (including phenoxy) is 1. The van der Waals surface area contributed by atoms with Crippen molar-refractivity contribution in [1.82, 2.24) is 9.80 Å². The number of hydrogen-bond acceptors (Lipinski definition) is 3. The zero-order chi connectivity index (χ0) is 15.9. The molecule has 22 heavy (non-hydrogen) atoms. The molecule has 0 bridgehead atoms. The molecule has 4 nitrogen and oxygen atoms in total. The lowest BCUT2D eigenvalue weighted by Crippen LogP contribution is -2.38. The van der Waals surface area contributed by atoms with E-state index in [-0.39, 0.29) is 12.5 Å². The summed E-state index contributed by atoms with van der Waals surface area (Å²) < 4.78 is 5.65. The van der Waals surface area contributed by atoms with Gasteiger partial charge in [0.05, 0.1) is 0 Å². The highest BCUT2D eigenvalue weighted by Crippen LogP contribution is 2.16. The fourth-order valence-electron chi connectivity index (χ4n) is 2.63. The van der Waals surface area contributed by atoms with Crippen LogP contribution in [0.2, 0.25) is 0 Å². The van der Waals surface area contributed by atoms with E-state index in [1.165, 1.54) is 11.1 Å². The van der Waals surface area contributed by atoms with Crippen molar-refractivity contribution in [3.05, 3.63) is 42.0 Å². The maximum Gasteiger partial charge on any atom is 0.260 e. The zero-order valence-corrected chi connectivity index (χ0v) is 13.7. The average molecular weight is 302 g/mol. The summed E-state index contributed by atoms with van der Waals surface area (Å²) in [6.07, 6.45) is 2.92. The number of aryl methyl sites for hydroxylation is 2. The molecule has 0 aliphatic carbocycles. The van der Waals surface area contributed by atoms with E-state index in [2.05, 4.69) is 18.4 Å². The van der Waals surface area contributed by atoms with Gasteiger partial charge in [-0.1, -0.05) is 12.1 Å². The Kier molecular flexibility index (Phi) is 6.01. The third-order valence-electron chi connectivity index (χ3n) is 4.17. The number of rotatable bonds is 5. The van der Waals surface area contributed by atoms with E-state index in [0.717, 1.165) is 44.9 Å². The summed E-state index contributed by atoms with van der Waals surface area (Å²) in [7, 11) is 0. The van der Waals surface area contributed by atoms with Crippen LogP contribution in [-0.4, -0.2) is 55.0 Å². The van der Waals surface area contributed by atoms with Gasteiger partial charge in [-0.25, -0.2) is 0 Å². The minimum Gasteiger partial charge on any atom is -0.484 e. The lowest BCUT2D eigenvalue weighted by atomic mass is 10.1. The molecule has 4 heteroatoms. The molecular weight excluding hydrogens is 276 g/mol. The molecule has 120 valence electrons. The van der Waals surface area contributed by atoms with Crippen LogP contribution in [0, 0.1) is 13.8 Å². The van der Waals surface area contributed by atoms with Crippen molar-refractivity contribution in [1.29, 1.82) is 0 Å². The van der Waals surface area contributed by atoms with Crippen LogP contribution in [0.5, 0.6) is 5.75 Å². The van der Waals surface area contributed by atoms with Gasteiger partial charge in [0.25, 0.3) is 5.91 Å². The van der Waals surface area contributed by atoms with Crippen LogP contribution < -0.4 is 4.74 Å². The van der Waals surface area contributed by atoms with E-state index in [1.54, 1.807) is 0 Å². The fourth-order valence-corrected chi connectivity index (χ4v) is 2.63. The quantitative estimate of drug-likeness (QED) is 0.783. The first-order valence-electron chi connectivity index (χ1n) is 7.91. The Hall–Kier alpha value is -1.81. The number of carbonyl (C=O) groups is 1. The predicted molar refractivity (Wildman–Crippen MR) is 89.2 cm³/mol. The SMILES string of the molecule is C=CCN1CCCN(C(=O)COc2ccc(C)c(C)c2)CC1. The van der Waals surface area contributed by atoms with E-state index in [4.69, 9.17) is 4.74 Å². The second kappa shape index (κ2) is 7.99. The Morgan fingerprint density at radius 1 is 1.23 bits per heavy atom. The number of hydrogen-bond donors (Lipinski definition) is 0. The topological polar surface area (TPSA) is 32.8 Å². The summed E-state index contributed by atoms with van der Waals surface area (Å²) in [5.41, 5.74) is 2.41. The minimum absolute atomic E-state index is 0.0682. The molecule has 0 unspecified atom stereocenters. The summed E-state index contributed by atoms with van der Waals surface area (Å²) >= 11 is 0. The van der Waals surface area contributed by atoms with Crippen molar-refractivity contribution in [3.8, 4) is 5.75 Å². The largest absolute Gasteiger partial charge is 0.484 e. The zero-order valence-electron chi connectivity index (χ0n) is 13.7. The maximum absolute atomic E-state index is 12.3. The monoisotopic (exact) mass is 302 g/mol. The first-order chi connectivity index (χ1) is 10.6. The van der Waals surface area contributed by atoms with Gasteiger partial charge in [-0.2, -0.15) is 0 Å². The molecule has 1 aliphatic heterocycles. The highest BCUT2D eigenvalue weighted by molar-refractivity contribution is 5.77. The van der Waals surface area contributed by atoms with Crippen LogP contribution in [-0.2, 0) is 4.79 Å². The molecule has 1 aromatic carbocycles. The molecule has 2 rings (SSSR count). The van der Waals surface area contributed by atoms with E-state index >= 15 is 0 Å². The van der Waals surface area contributed by atoms with E-state index in [0.29, 0.717) is 0 Å². The van der Waals surface area contributed by atoms with Crippen molar-refractivity contribution in [2.24, 2.45) is 0 Å². The summed E-state index contributed by atoms with van der Waals surface area (Å²) in [6, 6.07) is 5.93. The summed E-state index contributed by atoms with van der Waals surface area (Å²) in [4.78, 5) is 16.5. The highest BCUT2D eigenvalue weighted by atomic mass is 16.5. The van der Waals surface area contributed by atoms with Gasteiger partial charge in [0.15, 0.2) is 6.61 Å². The fraction of sp³-hybridized carbons (Fsp3) is 0.500. The molecule has 1 fully saturated rings. The van der Waals surface area contributed by atoms with Crippen LogP contribution in [0.25, 0.3) is 0 Å². The van der Waals surface area contributed by atoms with Crippen LogP contribution in [0.4, 0.5) is 0 Å². The first kappa shape index (κ1) is 16.6. The molecule has 0 atom stereocenters. The normalized spacial score (nSPS) is 16.2. The maximum atomic E-state index is 12.3. The van der Waals surface area contributed by atoms with Crippen LogP contribution in [0.1, 0.15) is 17.5 Å². The summed E-state index contributed by atoms with van der Waals surface area (Å²) in [5.74, 6) is 0.832. The number of amides is 1. The van der Waals surface area contributed by atoms with Crippen molar-refractivity contribution >= 4 is 5.91 Å². The summed E-state index contributed by atoms with van der Waals surface area (Å²) in [5, 5.41) is 0. The Morgan fingerprint density at radius 2 is 2.05 bits per heavy atom. The Bertz CT molecular complexity index is 528. The molecule has 1 amide bonds. The lowest BCUT2D eigenvalue weighted by molar-refractivity contribution is -0.133. The molecule has 1 heterocycles. The van der Waals surface area contributed by atoms with Gasteiger partial charge in [0.1, 0.15) is 5.75 Å².